The van der Waals surface area contributed by atoms with Gasteiger partial charge in [0.15, 0.2) is 0 Å². The van der Waals surface area contributed by atoms with Crippen molar-refractivity contribution in [1.82, 2.24) is 4.90 Å². The number of Topliss-reactive ketones (excluding diaryl/α,β-unsaturated/α-hetero) is 1. The lowest BCUT2D eigenvalue weighted by molar-refractivity contribution is -0.140. The van der Waals surface area contributed by atoms with E-state index in [1.54, 1.807) is 24.3 Å². The summed E-state index contributed by atoms with van der Waals surface area (Å²) < 4.78 is 11.7. The van der Waals surface area contributed by atoms with E-state index < -0.39 is 17.7 Å². The summed E-state index contributed by atoms with van der Waals surface area (Å²) in [6.45, 7) is 8.02. The first-order chi connectivity index (χ1) is 18.0. The molecule has 1 saturated heterocycles. The molecule has 0 bridgehead atoms. The van der Waals surface area contributed by atoms with Crippen molar-refractivity contribution in [3.63, 3.8) is 0 Å². The summed E-state index contributed by atoms with van der Waals surface area (Å²) in [5.41, 5.74) is 2.47. The monoisotopic (exact) mass is 513 g/mol. The van der Waals surface area contributed by atoms with E-state index in [2.05, 4.69) is 0 Å². The maximum absolute atomic E-state index is 13.4. The molecule has 196 valence electrons. The minimum Gasteiger partial charge on any atom is -0.508 e. The van der Waals surface area contributed by atoms with Crippen LogP contribution in [0.1, 0.15) is 56.0 Å². The van der Waals surface area contributed by atoms with Gasteiger partial charge in [-0.2, -0.15) is 0 Å². The van der Waals surface area contributed by atoms with Gasteiger partial charge in [0, 0.05) is 18.5 Å². The third kappa shape index (κ3) is 4.96. The Morgan fingerprint density at radius 3 is 2.37 bits per heavy atom. The van der Waals surface area contributed by atoms with Crippen molar-refractivity contribution >= 4 is 17.4 Å². The van der Waals surface area contributed by atoms with Crippen LogP contribution in [0, 0.1) is 0 Å². The Bertz CT molecular complexity index is 1420. The van der Waals surface area contributed by atoms with Crippen LogP contribution in [0.2, 0.25) is 0 Å². The molecule has 2 atom stereocenters. The second-order valence-corrected chi connectivity index (χ2v) is 10.8. The number of carbonyl (C=O) groups is 2. The number of ether oxygens (including phenoxy) is 2. The highest BCUT2D eigenvalue weighted by Crippen LogP contribution is 2.41. The number of aromatic hydroxyl groups is 1. The predicted molar refractivity (Wildman–Crippen MR) is 143 cm³/mol. The summed E-state index contributed by atoms with van der Waals surface area (Å²) in [5.74, 6) is -0.166. The number of likely N-dealkylation sites (tertiary alicyclic amines) is 1. The van der Waals surface area contributed by atoms with Gasteiger partial charge in [-0.15, -0.1) is 0 Å². The second kappa shape index (κ2) is 9.56. The van der Waals surface area contributed by atoms with Gasteiger partial charge in [-0.1, -0.05) is 24.3 Å². The lowest BCUT2D eigenvalue weighted by atomic mass is 9.94. The van der Waals surface area contributed by atoms with Crippen LogP contribution in [0.3, 0.4) is 0 Å². The number of hydrogen-bond donors (Lipinski definition) is 2. The van der Waals surface area contributed by atoms with Gasteiger partial charge in [-0.25, -0.2) is 0 Å². The van der Waals surface area contributed by atoms with Crippen molar-refractivity contribution < 1.29 is 29.3 Å². The molecule has 1 amide bonds. The SMILES string of the molecule is CC1Cc2cc(/C(O)=C3/C(=O)C(=O)N(Cc4ccc(OC(C)(C)C)cc4)C3c3ccc(O)cc3)ccc2O1. The van der Waals surface area contributed by atoms with E-state index in [1.807, 2.05) is 58.0 Å². The van der Waals surface area contributed by atoms with Crippen LogP contribution in [-0.2, 0) is 22.6 Å². The molecule has 1 fully saturated rings. The van der Waals surface area contributed by atoms with E-state index in [4.69, 9.17) is 9.47 Å². The molecule has 0 aliphatic carbocycles. The Kier molecular flexibility index (Phi) is 6.39. The highest BCUT2D eigenvalue weighted by molar-refractivity contribution is 6.46. The Morgan fingerprint density at radius 2 is 1.71 bits per heavy atom. The smallest absolute Gasteiger partial charge is 0.295 e. The summed E-state index contributed by atoms with van der Waals surface area (Å²) in [4.78, 5) is 28.1. The third-order valence-corrected chi connectivity index (χ3v) is 6.62. The number of aliphatic hydroxyl groups is 1. The van der Waals surface area contributed by atoms with Crippen molar-refractivity contribution in [3.8, 4) is 17.2 Å². The lowest BCUT2D eigenvalue weighted by Crippen LogP contribution is -2.29. The fraction of sp³-hybridized carbons (Fsp3) is 0.290. The topological polar surface area (TPSA) is 96.3 Å². The van der Waals surface area contributed by atoms with Crippen LogP contribution in [0.5, 0.6) is 17.2 Å². The van der Waals surface area contributed by atoms with E-state index in [-0.39, 0.29) is 35.3 Å². The van der Waals surface area contributed by atoms with Crippen molar-refractivity contribution in [3.05, 3.63) is 94.6 Å². The molecule has 0 radical (unpaired) electrons. The lowest BCUT2D eigenvalue weighted by Gasteiger charge is -2.26. The van der Waals surface area contributed by atoms with Crippen molar-refractivity contribution in [2.24, 2.45) is 0 Å². The first-order valence-corrected chi connectivity index (χ1v) is 12.7. The Morgan fingerprint density at radius 1 is 1.03 bits per heavy atom. The molecule has 2 unspecified atom stereocenters. The molecule has 2 aliphatic rings. The van der Waals surface area contributed by atoms with Crippen molar-refractivity contribution in [2.45, 2.75) is 58.4 Å². The van der Waals surface area contributed by atoms with Gasteiger partial charge < -0.3 is 24.6 Å². The van der Waals surface area contributed by atoms with E-state index >= 15 is 0 Å². The molecule has 0 aromatic heterocycles. The van der Waals surface area contributed by atoms with Crippen LogP contribution in [0.4, 0.5) is 0 Å². The number of ketones is 1. The zero-order valence-electron chi connectivity index (χ0n) is 21.9. The van der Waals surface area contributed by atoms with Gasteiger partial charge >= 0.3 is 0 Å². The fourth-order valence-corrected chi connectivity index (χ4v) is 4.98. The van der Waals surface area contributed by atoms with Crippen LogP contribution in [0.25, 0.3) is 5.76 Å². The van der Waals surface area contributed by atoms with Gasteiger partial charge in [-0.3, -0.25) is 9.59 Å². The maximum Gasteiger partial charge on any atom is 0.295 e. The normalized spacial score (nSPS) is 20.4. The minimum atomic E-state index is -0.829. The maximum atomic E-state index is 13.4. The van der Waals surface area contributed by atoms with Crippen LogP contribution >= 0.6 is 0 Å². The number of aliphatic hydroxyl groups excluding tert-OH is 1. The summed E-state index contributed by atoms with van der Waals surface area (Å²) in [7, 11) is 0. The zero-order chi connectivity index (χ0) is 27.2. The minimum absolute atomic E-state index is 0.0142. The molecule has 7 heteroatoms. The molecular formula is C31H31NO6. The second-order valence-electron chi connectivity index (χ2n) is 10.8. The third-order valence-electron chi connectivity index (χ3n) is 6.62. The van der Waals surface area contributed by atoms with E-state index in [0.29, 0.717) is 23.3 Å². The predicted octanol–water partition coefficient (Wildman–Crippen LogP) is 5.51. The highest BCUT2D eigenvalue weighted by atomic mass is 16.5. The van der Waals surface area contributed by atoms with E-state index in [9.17, 15) is 19.8 Å². The quantitative estimate of drug-likeness (QED) is 0.265. The molecular weight excluding hydrogens is 482 g/mol. The van der Waals surface area contributed by atoms with Crippen LogP contribution in [0.15, 0.2) is 72.3 Å². The van der Waals surface area contributed by atoms with Gasteiger partial charge in [-0.05, 0) is 86.8 Å². The van der Waals surface area contributed by atoms with Gasteiger partial charge in [0.2, 0.25) is 0 Å². The largest absolute Gasteiger partial charge is 0.508 e. The van der Waals surface area contributed by atoms with Crippen molar-refractivity contribution in [2.75, 3.05) is 0 Å². The molecule has 38 heavy (non-hydrogen) atoms. The Labute approximate surface area is 221 Å². The number of amides is 1. The Balaban J connectivity index is 1.54. The van der Waals surface area contributed by atoms with Gasteiger partial charge in [0.1, 0.15) is 34.7 Å². The molecule has 5 rings (SSSR count). The summed E-state index contributed by atoms with van der Waals surface area (Å²) in [5, 5.41) is 21.2. The zero-order valence-corrected chi connectivity index (χ0v) is 21.9. The number of benzene rings is 3. The molecule has 2 N–H and O–H groups in total. The molecule has 2 heterocycles. The van der Waals surface area contributed by atoms with Crippen molar-refractivity contribution in [1.29, 1.82) is 0 Å². The average molecular weight is 514 g/mol. The first-order valence-electron chi connectivity index (χ1n) is 12.7. The summed E-state index contributed by atoms with van der Waals surface area (Å²) in [6, 6.07) is 18.2. The fourth-order valence-electron chi connectivity index (χ4n) is 4.98. The molecule has 0 saturated carbocycles. The standard InChI is InChI=1S/C31H31NO6/c1-18-15-22-16-21(9-14-25(22)37-18)28(34)26-27(20-7-10-23(33)11-8-20)32(30(36)29(26)35)17-19-5-12-24(13-6-19)38-31(2,3)4/h5-14,16,18,27,33-34H,15,17H2,1-4H3/b28-26-. The van der Waals surface area contributed by atoms with E-state index in [1.165, 1.54) is 17.0 Å². The first kappa shape index (κ1) is 25.4. The number of phenols is 1. The number of hydrogen-bond acceptors (Lipinski definition) is 6. The Hall–Kier alpha value is -4.26. The molecule has 3 aromatic rings. The average Bonchev–Trinajstić information content (AvgIpc) is 3.35. The molecule has 7 nitrogen and oxygen atoms in total. The number of nitrogens with zero attached hydrogens (tertiary/aromatic N) is 1. The number of rotatable bonds is 5. The van der Waals surface area contributed by atoms with Gasteiger partial charge in [0.25, 0.3) is 11.7 Å². The summed E-state index contributed by atoms with van der Waals surface area (Å²) >= 11 is 0. The molecule has 3 aromatic carbocycles. The highest BCUT2D eigenvalue weighted by Gasteiger charge is 2.46. The van der Waals surface area contributed by atoms with Crippen LogP contribution in [-0.4, -0.2) is 38.5 Å². The van der Waals surface area contributed by atoms with Gasteiger partial charge in [0.05, 0.1) is 11.6 Å². The molecule has 2 aliphatic heterocycles. The number of carbonyl (C=O) groups excluding carboxylic acids is 2. The number of phenolic OH excluding ortho intramolecular Hbond substituents is 1. The molecule has 0 spiro atoms. The van der Waals surface area contributed by atoms with E-state index in [0.717, 1.165) is 16.9 Å². The van der Waals surface area contributed by atoms with Crippen LogP contribution < -0.4 is 9.47 Å². The summed E-state index contributed by atoms with van der Waals surface area (Å²) in [6.07, 6.45) is 0.728. The number of fused-ring (bicyclic) bond motifs is 1.